The summed E-state index contributed by atoms with van der Waals surface area (Å²) in [6.07, 6.45) is 0. The molecule has 0 saturated carbocycles. The van der Waals surface area contributed by atoms with Crippen molar-refractivity contribution in [2.45, 2.75) is 25.4 Å². The summed E-state index contributed by atoms with van der Waals surface area (Å²) in [5.41, 5.74) is 6.00. The fraction of sp³-hybridized carbons (Fsp3) is 0.333. The van der Waals surface area contributed by atoms with Crippen LogP contribution in [0.3, 0.4) is 0 Å². The Balaban J connectivity index is 2.33. The average molecular weight is 252 g/mol. The summed E-state index contributed by atoms with van der Waals surface area (Å²) in [4.78, 5) is 3.13. The Morgan fingerprint density at radius 3 is 1.80 bits per heavy atom. The van der Waals surface area contributed by atoms with Gasteiger partial charge in [0, 0.05) is 32.4 Å². The molecule has 0 aromatic carbocycles. The lowest BCUT2D eigenvalue weighted by Gasteiger charge is -2.03. The highest BCUT2D eigenvalue weighted by Crippen LogP contribution is 2.45. The quantitative estimate of drug-likeness (QED) is 0.646. The van der Waals surface area contributed by atoms with Crippen LogP contribution in [0.15, 0.2) is 10.8 Å². The smallest absolute Gasteiger partial charge is 0.0288 e. The Morgan fingerprint density at radius 1 is 0.867 bits per heavy atom. The molecular weight excluding hydrogens is 240 g/mol. The van der Waals surface area contributed by atoms with Crippen LogP contribution in [0.25, 0.3) is 11.1 Å². The Morgan fingerprint density at radius 2 is 1.33 bits per heavy atom. The van der Waals surface area contributed by atoms with E-state index in [0.717, 1.165) is 0 Å². The molecule has 0 atom stereocenters. The van der Waals surface area contributed by atoms with Crippen LogP contribution in [0, 0.1) is 13.8 Å². The van der Waals surface area contributed by atoms with Crippen LogP contribution in [0.1, 0.15) is 20.9 Å². The van der Waals surface area contributed by atoms with Crippen molar-refractivity contribution in [2.75, 3.05) is 0 Å². The molecule has 15 heavy (non-hydrogen) atoms. The Labute approximate surface area is 102 Å². The number of thiophene rings is 2. The lowest BCUT2D eigenvalue weighted by Crippen LogP contribution is -1.83. The highest BCUT2D eigenvalue weighted by atomic mass is 32.2. The molecule has 0 spiro atoms. The van der Waals surface area contributed by atoms with Crippen LogP contribution in [-0.2, 0) is 11.5 Å². The van der Waals surface area contributed by atoms with Gasteiger partial charge in [0.2, 0.25) is 0 Å². The van der Waals surface area contributed by atoms with Crippen molar-refractivity contribution in [3.63, 3.8) is 0 Å². The molecule has 0 nitrogen and oxygen atoms in total. The maximum Gasteiger partial charge on any atom is 0.0288 e. The van der Waals surface area contributed by atoms with Crippen molar-refractivity contribution in [2.24, 2.45) is 0 Å². The third kappa shape index (κ3) is 1.49. The van der Waals surface area contributed by atoms with Crippen LogP contribution >= 0.6 is 34.4 Å². The van der Waals surface area contributed by atoms with Crippen molar-refractivity contribution in [3.05, 3.63) is 31.6 Å². The normalized spacial score (nSPS) is 14.5. The standard InChI is InChI=1S/C12H12S3/c1-7-3-14-9-5-13-6-10-12(11(7)9)8(2)4-15-10/h3-4H,5-6H2,1-2H3. The summed E-state index contributed by atoms with van der Waals surface area (Å²) in [5, 5.41) is 4.61. The molecule has 0 bridgehead atoms. The Kier molecular flexibility index (Phi) is 2.42. The van der Waals surface area contributed by atoms with E-state index in [2.05, 4.69) is 24.6 Å². The van der Waals surface area contributed by atoms with Crippen molar-refractivity contribution < 1.29 is 0 Å². The molecule has 3 rings (SSSR count). The predicted octanol–water partition coefficient (Wildman–Crippen LogP) is 4.84. The molecule has 1 aliphatic rings. The minimum atomic E-state index is 1.19. The third-order valence-electron chi connectivity index (χ3n) is 2.82. The molecule has 2 aromatic rings. The van der Waals surface area contributed by atoms with Gasteiger partial charge in [0.05, 0.1) is 0 Å². The topological polar surface area (TPSA) is 0 Å². The highest BCUT2D eigenvalue weighted by molar-refractivity contribution is 7.98. The molecule has 0 N–H and O–H groups in total. The number of rotatable bonds is 0. The largest absolute Gasteiger partial charge is 0.151 e. The van der Waals surface area contributed by atoms with Crippen molar-refractivity contribution in [3.8, 4) is 11.1 Å². The number of hydrogen-bond donors (Lipinski definition) is 0. The second kappa shape index (κ2) is 3.65. The van der Waals surface area contributed by atoms with Gasteiger partial charge in [0.1, 0.15) is 0 Å². The van der Waals surface area contributed by atoms with E-state index in [1.165, 1.54) is 22.6 Å². The van der Waals surface area contributed by atoms with Gasteiger partial charge in [-0.25, -0.2) is 0 Å². The second-order valence-electron chi connectivity index (χ2n) is 3.93. The molecule has 3 heterocycles. The van der Waals surface area contributed by atoms with Gasteiger partial charge in [-0.3, -0.25) is 0 Å². The van der Waals surface area contributed by atoms with Crippen molar-refractivity contribution in [1.29, 1.82) is 0 Å². The summed E-state index contributed by atoms with van der Waals surface area (Å²) in [6.45, 7) is 4.48. The summed E-state index contributed by atoms with van der Waals surface area (Å²) in [5.74, 6) is 2.38. The first-order chi connectivity index (χ1) is 7.27. The van der Waals surface area contributed by atoms with Gasteiger partial charge in [-0.15, -0.1) is 22.7 Å². The van der Waals surface area contributed by atoms with E-state index in [1.54, 1.807) is 20.9 Å². The number of aryl methyl sites for hydroxylation is 2. The first-order valence-electron chi connectivity index (χ1n) is 4.99. The van der Waals surface area contributed by atoms with E-state index in [1.807, 2.05) is 34.4 Å². The molecule has 0 radical (unpaired) electrons. The zero-order valence-corrected chi connectivity index (χ0v) is 11.2. The number of thioether (sulfide) groups is 1. The maximum absolute atomic E-state index is 2.30. The number of fused-ring (bicyclic) bond motifs is 3. The van der Waals surface area contributed by atoms with Crippen LogP contribution in [0.5, 0.6) is 0 Å². The lowest BCUT2D eigenvalue weighted by molar-refractivity contribution is 1.43. The second-order valence-corrected chi connectivity index (χ2v) is 6.84. The first kappa shape index (κ1) is 9.94. The molecule has 0 unspecified atom stereocenters. The summed E-state index contributed by atoms with van der Waals surface area (Å²) < 4.78 is 0. The Bertz CT molecular complexity index is 459. The summed E-state index contributed by atoms with van der Waals surface area (Å²) in [6, 6.07) is 0. The molecule has 3 heteroatoms. The van der Waals surface area contributed by atoms with Gasteiger partial charge in [-0.1, -0.05) is 0 Å². The number of hydrogen-bond acceptors (Lipinski definition) is 3. The van der Waals surface area contributed by atoms with E-state index >= 15 is 0 Å². The molecule has 0 aliphatic carbocycles. The lowest BCUT2D eigenvalue weighted by atomic mass is 10.0. The Hall–Kier alpha value is -0.250. The maximum atomic E-state index is 2.30. The molecule has 0 saturated heterocycles. The minimum absolute atomic E-state index is 1.19. The van der Waals surface area contributed by atoms with E-state index < -0.39 is 0 Å². The molecule has 78 valence electrons. The van der Waals surface area contributed by atoms with E-state index in [4.69, 9.17) is 0 Å². The fourth-order valence-corrected chi connectivity index (χ4v) is 5.56. The van der Waals surface area contributed by atoms with Gasteiger partial charge in [-0.2, -0.15) is 11.8 Å². The zero-order chi connectivity index (χ0) is 10.4. The molecule has 0 fully saturated rings. The van der Waals surface area contributed by atoms with Gasteiger partial charge in [0.25, 0.3) is 0 Å². The molecule has 0 amide bonds. The van der Waals surface area contributed by atoms with Gasteiger partial charge < -0.3 is 0 Å². The van der Waals surface area contributed by atoms with Crippen LogP contribution in [-0.4, -0.2) is 0 Å². The first-order valence-corrected chi connectivity index (χ1v) is 7.91. The van der Waals surface area contributed by atoms with Crippen LogP contribution in [0.4, 0.5) is 0 Å². The minimum Gasteiger partial charge on any atom is -0.151 e. The van der Waals surface area contributed by atoms with E-state index in [0.29, 0.717) is 0 Å². The fourth-order valence-electron chi connectivity index (χ4n) is 2.12. The molecule has 1 aliphatic heterocycles. The van der Waals surface area contributed by atoms with Crippen molar-refractivity contribution >= 4 is 34.4 Å². The van der Waals surface area contributed by atoms with Crippen LogP contribution in [0.2, 0.25) is 0 Å². The summed E-state index contributed by atoms with van der Waals surface area (Å²) >= 11 is 5.90. The van der Waals surface area contributed by atoms with Crippen LogP contribution < -0.4 is 0 Å². The van der Waals surface area contributed by atoms with Gasteiger partial charge in [0.15, 0.2) is 0 Å². The summed E-state index contributed by atoms with van der Waals surface area (Å²) in [7, 11) is 0. The van der Waals surface area contributed by atoms with E-state index in [-0.39, 0.29) is 0 Å². The molecular formula is C12H12S3. The molecule has 2 aromatic heterocycles. The predicted molar refractivity (Wildman–Crippen MR) is 72.1 cm³/mol. The van der Waals surface area contributed by atoms with Gasteiger partial charge in [-0.05, 0) is 35.7 Å². The average Bonchev–Trinajstić information content (AvgIpc) is 2.68. The van der Waals surface area contributed by atoms with Gasteiger partial charge >= 0.3 is 0 Å². The SMILES string of the molecule is Cc1csc2c1-c1c(C)csc1CSC2. The highest BCUT2D eigenvalue weighted by Gasteiger charge is 2.21. The van der Waals surface area contributed by atoms with E-state index in [9.17, 15) is 0 Å². The monoisotopic (exact) mass is 252 g/mol. The third-order valence-corrected chi connectivity index (χ3v) is 6.38. The van der Waals surface area contributed by atoms with Crippen molar-refractivity contribution in [1.82, 2.24) is 0 Å². The zero-order valence-electron chi connectivity index (χ0n) is 8.79.